The number of benzene rings is 2. The smallest absolute Gasteiger partial charge is 0.467 e. The maximum atomic E-state index is 12.6. The van der Waals surface area contributed by atoms with Gasteiger partial charge in [0.25, 0.3) is 0 Å². The molecule has 0 aromatic heterocycles. The number of phosphoric ester groups is 1. The van der Waals surface area contributed by atoms with Gasteiger partial charge in [0, 0.05) is 6.42 Å². The molecule has 0 saturated heterocycles. The molecule has 0 radical (unpaired) electrons. The predicted octanol–water partition coefficient (Wildman–Crippen LogP) is 4.07. The number of phosphoric acid groups is 1. The second kappa shape index (κ2) is 13.5. The van der Waals surface area contributed by atoms with Crippen LogP contribution in [0.5, 0.6) is 5.75 Å². The molecular formula is C23H28NO9P. The third-order valence-corrected chi connectivity index (χ3v) is 5.99. The summed E-state index contributed by atoms with van der Waals surface area (Å²) in [6.07, 6.45) is -0.289. The topological polar surface area (TPSA) is 126 Å². The summed E-state index contributed by atoms with van der Waals surface area (Å²) < 4.78 is 38.1. The summed E-state index contributed by atoms with van der Waals surface area (Å²) in [6.45, 7) is 3.45. The summed E-state index contributed by atoms with van der Waals surface area (Å²) in [5, 5.41) is 2.47. The molecule has 0 fully saturated rings. The summed E-state index contributed by atoms with van der Waals surface area (Å²) >= 11 is 0. The van der Waals surface area contributed by atoms with Crippen LogP contribution in [0.25, 0.3) is 0 Å². The number of esters is 1. The third kappa shape index (κ3) is 8.30. The Labute approximate surface area is 198 Å². The van der Waals surface area contributed by atoms with E-state index in [1.807, 2.05) is 18.2 Å². The van der Waals surface area contributed by atoms with E-state index in [2.05, 4.69) is 5.32 Å². The van der Waals surface area contributed by atoms with E-state index in [0.29, 0.717) is 11.8 Å². The Morgan fingerprint density at radius 3 is 2.29 bits per heavy atom. The molecule has 11 heteroatoms. The first-order valence-electron chi connectivity index (χ1n) is 10.6. The van der Waals surface area contributed by atoms with Gasteiger partial charge in [0.05, 0.1) is 25.9 Å². The summed E-state index contributed by atoms with van der Waals surface area (Å²) in [5.74, 6) is -0.698. The predicted molar refractivity (Wildman–Crippen MR) is 123 cm³/mol. The van der Waals surface area contributed by atoms with Crippen molar-refractivity contribution in [3.05, 3.63) is 65.2 Å². The summed E-state index contributed by atoms with van der Waals surface area (Å²) in [7, 11) is -2.71. The van der Waals surface area contributed by atoms with E-state index in [0.717, 1.165) is 5.56 Å². The molecular weight excluding hydrogens is 465 g/mol. The molecule has 2 aromatic carbocycles. The summed E-state index contributed by atoms with van der Waals surface area (Å²) in [4.78, 5) is 36.1. The third-order valence-electron chi connectivity index (χ3n) is 4.42. The highest BCUT2D eigenvalue weighted by Crippen LogP contribution is 2.49. The Hall–Kier alpha value is -3.20. The van der Waals surface area contributed by atoms with Crippen LogP contribution in [-0.2, 0) is 40.9 Å². The molecule has 2 aromatic rings. The fourth-order valence-electron chi connectivity index (χ4n) is 2.91. The number of aldehydes is 1. The first-order chi connectivity index (χ1) is 16.3. The van der Waals surface area contributed by atoms with Crippen LogP contribution in [0.1, 0.15) is 35.3 Å². The molecule has 1 atom stereocenters. The quantitative estimate of drug-likeness (QED) is 0.250. The zero-order chi connectivity index (χ0) is 25.0. The van der Waals surface area contributed by atoms with Crippen LogP contribution in [0.4, 0.5) is 4.79 Å². The number of methoxy groups -OCH3 is 1. The van der Waals surface area contributed by atoms with E-state index < -0.39 is 25.9 Å². The monoisotopic (exact) mass is 493 g/mol. The second-order valence-electron chi connectivity index (χ2n) is 6.85. The lowest BCUT2D eigenvalue weighted by atomic mass is 10.0. The van der Waals surface area contributed by atoms with Crippen molar-refractivity contribution in [1.29, 1.82) is 0 Å². The normalized spacial score (nSPS) is 11.9. The Kier molecular flexibility index (Phi) is 10.7. The molecule has 10 nitrogen and oxygen atoms in total. The van der Waals surface area contributed by atoms with Crippen LogP contribution in [0.3, 0.4) is 0 Å². The van der Waals surface area contributed by atoms with Crippen LogP contribution in [0.15, 0.2) is 48.5 Å². The summed E-state index contributed by atoms with van der Waals surface area (Å²) in [5.41, 5.74) is 1.36. The van der Waals surface area contributed by atoms with E-state index in [1.165, 1.54) is 19.2 Å². The van der Waals surface area contributed by atoms with Gasteiger partial charge < -0.3 is 19.3 Å². The van der Waals surface area contributed by atoms with Crippen molar-refractivity contribution in [2.24, 2.45) is 0 Å². The number of alkyl carbamates (subject to hydrolysis) is 1. The number of amides is 1. The zero-order valence-electron chi connectivity index (χ0n) is 19.2. The van der Waals surface area contributed by atoms with E-state index in [-0.39, 0.29) is 37.6 Å². The van der Waals surface area contributed by atoms with Gasteiger partial charge in [-0.3, -0.25) is 13.8 Å². The molecule has 0 saturated carbocycles. The number of rotatable bonds is 13. The van der Waals surface area contributed by atoms with Crippen LogP contribution in [0.2, 0.25) is 0 Å². The van der Waals surface area contributed by atoms with Gasteiger partial charge in [-0.05, 0) is 37.1 Å². The van der Waals surface area contributed by atoms with Crippen molar-refractivity contribution in [3.63, 3.8) is 0 Å². The van der Waals surface area contributed by atoms with Crippen molar-refractivity contribution in [2.45, 2.75) is 32.9 Å². The van der Waals surface area contributed by atoms with Crippen LogP contribution >= 0.6 is 7.82 Å². The number of carbonyl (C=O) groups is 3. The zero-order valence-corrected chi connectivity index (χ0v) is 20.1. The molecule has 2 rings (SSSR count). The SMILES string of the molecule is CCOP(=O)(OCC)Oc1ccc(C[C@H](NC(=O)OCc2ccccc2)C(=O)OC)cc1C=O. The molecule has 1 amide bonds. The molecule has 0 bridgehead atoms. The summed E-state index contributed by atoms with van der Waals surface area (Å²) in [6, 6.07) is 12.4. The molecule has 184 valence electrons. The van der Waals surface area contributed by atoms with Gasteiger partial charge in [-0.2, -0.15) is 0 Å². The number of carbonyl (C=O) groups excluding carboxylic acids is 3. The molecule has 0 unspecified atom stereocenters. The van der Waals surface area contributed by atoms with Gasteiger partial charge in [-0.15, -0.1) is 0 Å². The number of hydrogen-bond acceptors (Lipinski definition) is 9. The van der Waals surface area contributed by atoms with E-state index in [9.17, 15) is 18.9 Å². The largest absolute Gasteiger partial charge is 0.530 e. The average molecular weight is 493 g/mol. The van der Waals surface area contributed by atoms with Crippen molar-refractivity contribution in [1.82, 2.24) is 5.32 Å². The lowest BCUT2D eigenvalue weighted by molar-refractivity contribution is -0.143. The minimum atomic E-state index is -3.90. The number of hydrogen-bond donors (Lipinski definition) is 1. The van der Waals surface area contributed by atoms with Gasteiger partial charge >= 0.3 is 19.9 Å². The van der Waals surface area contributed by atoms with Crippen LogP contribution < -0.4 is 9.84 Å². The molecule has 0 aliphatic carbocycles. The maximum absolute atomic E-state index is 12.6. The van der Waals surface area contributed by atoms with Crippen molar-refractivity contribution < 1.29 is 42.0 Å². The van der Waals surface area contributed by atoms with Gasteiger partial charge in [0.15, 0.2) is 6.29 Å². The fraction of sp³-hybridized carbons (Fsp3) is 0.348. The van der Waals surface area contributed by atoms with Gasteiger partial charge in [0.2, 0.25) is 0 Å². The highest BCUT2D eigenvalue weighted by molar-refractivity contribution is 7.48. The Morgan fingerprint density at radius 2 is 1.71 bits per heavy atom. The van der Waals surface area contributed by atoms with Crippen molar-refractivity contribution in [2.75, 3.05) is 20.3 Å². The van der Waals surface area contributed by atoms with E-state index in [1.54, 1.807) is 32.0 Å². The number of nitrogens with one attached hydrogen (secondary N) is 1. The molecule has 1 N–H and O–H groups in total. The van der Waals surface area contributed by atoms with Gasteiger partial charge in [-0.25, -0.2) is 14.2 Å². The van der Waals surface area contributed by atoms with Crippen LogP contribution in [0, 0.1) is 0 Å². The Balaban J connectivity index is 2.12. The average Bonchev–Trinajstić information content (AvgIpc) is 2.83. The minimum absolute atomic E-state index is 0.00279. The van der Waals surface area contributed by atoms with E-state index in [4.69, 9.17) is 23.0 Å². The van der Waals surface area contributed by atoms with Gasteiger partial charge in [-0.1, -0.05) is 36.4 Å². The van der Waals surface area contributed by atoms with Crippen molar-refractivity contribution >= 4 is 26.2 Å². The Bertz CT molecular complexity index is 1000. The first kappa shape index (κ1) is 27.0. The van der Waals surface area contributed by atoms with Gasteiger partial charge in [0.1, 0.15) is 18.4 Å². The lowest BCUT2D eigenvalue weighted by Gasteiger charge is -2.19. The highest BCUT2D eigenvalue weighted by atomic mass is 31.2. The molecule has 0 aliphatic rings. The molecule has 0 spiro atoms. The van der Waals surface area contributed by atoms with E-state index >= 15 is 0 Å². The minimum Gasteiger partial charge on any atom is -0.467 e. The lowest BCUT2D eigenvalue weighted by Crippen LogP contribution is -2.43. The molecule has 0 heterocycles. The fourth-order valence-corrected chi connectivity index (χ4v) is 4.12. The molecule has 0 aliphatic heterocycles. The number of ether oxygens (including phenoxy) is 2. The maximum Gasteiger partial charge on any atom is 0.530 e. The highest BCUT2D eigenvalue weighted by Gasteiger charge is 2.29. The van der Waals surface area contributed by atoms with Crippen LogP contribution in [-0.4, -0.2) is 44.7 Å². The Morgan fingerprint density at radius 1 is 1.03 bits per heavy atom. The van der Waals surface area contributed by atoms with Crippen molar-refractivity contribution in [3.8, 4) is 5.75 Å². The molecule has 34 heavy (non-hydrogen) atoms. The first-order valence-corrected chi connectivity index (χ1v) is 12.0. The second-order valence-corrected chi connectivity index (χ2v) is 8.44. The standard InChI is InChI=1S/C23H28NO9P/c1-4-31-34(28,32-5-2)33-21-12-11-18(13-19(21)15-25)14-20(22(26)29-3)24-23(27)30-16-17-9-7-6-8-10-17/h6-13,15,20H,4-5,14,16H2,1-3H3,(H,24,27)/t20-/m0/s1.